The smallest absolute Gasteiger partial charge is 0.174 e. The van der Waals surface area contributed by atoms with E-state index in [-0.39, 0.29) is 12.1 Å². The topological polar surface area (TPSA) is 51.6 Å². The van der Waals surface area contributed by atoms with E-state index in [2.05, 4.69) is 25.8 Å². The van der Waals surface area contributed by atoms with Crippen molar-refractivity contribution >= 4 is 23.0 Å². The third-order valence-electron chi connectivity index (χ3n) is 5.03. The molecule has 0 amide bonds. The van der Waals surface area contributed by atoms with Crippen molar-refractivity contribution in [1.82, 2.24) is 14.9 Å². The van der Waals surface area contributed by atoms with Crippen LogP contribution >= 0.6 is 12.2 Å². The van der Waals surface area contributed by atoms with E-state index in [0.717, 1.165) is 28.6 Å². The van der Waals surface area contributed by atoms with Gasteiger partial charge in [0.25, 0.3) is 0 Å². The zero-order valence-corrected chi connectivity index (χ0v) is 16.8. The van der Waals surface area contributed by atoms with Crippen LogP contribution in [0.3, 0.4) is 0 Å². The second kappa shape index (κ2) is 7.52. The molecule has 1 aliphatic heterocycles. The number of nitrogens with zero attached hydrogens (tertiary/aromatic N) is 3. The number of hydrogen-bond donors (Lipinski definition) is 1. The van der Waals surface area contributed by atoms with Gasteiger partial charge in [-0.15, -0.1) is 0 Å². The number of benzene rings is 1. The summed E-state index contributed by atoms with van der Waals surface area (Å²) in [6.45, 7) is 0. The fourth-order valence-electron chi connectivity index (χ4n) is 3.68. The summed E-state index contributed by atoms with van der Waals surface area (Å²) in [6, 6.07) is 15.6. The summed E-state index contributed by atoms with van der Waals surface area (Å²) in [5.41, 5.74) is 2.90. The highest BCUT2D eigenvalue weighted by Gasteiger charge is 2.42. The van der Waals surface area contributed by atoms with E-state index in [9.17, 15) is 0 Å². The van der Waals surface area contributed by atoms with Crippen molar-refractivity contribution in [2.75, 3.05) is 19.1 Å². The maximum absolute atomic E-state index is 5.76. The summed E-state index contributed by atoms with van der Waals surface area (Å²) in [5.74, 6) is 1.47. The van der Waals surface area contributed by atoms with Gasteiger partial charge in [0.15, 0.2) is 5.11 Å². The van der Waals surface area contributed by atoms with Crippen LogP contribution in [0.5, 0.6) is 11.5 Å². The van der Waals surface area contributed by atoms with Gasteiger partial charge in [0, 0.05) is 31.2 Å². The molecule has 1 aliphatic rings. The molecule has 1 fully saturated rings. The molecule has 0 aliphatic carbocycles. The third-order valence-corrected chi connectivity index (χ3v) is 5.35. The predicted octanol–water partition coefficient (Wildman–Crippen LogP) is 3.61. The van der Waals surface area contributed by atoms with Gasteiger partial charge in [0.1, 0.15) is 17.5 Å². The van der Waals surface area contributed by atoms with Crippen LogP contribution in [-0.4, -0.2) is 28.9 Å². The summed E-state index contributed by atoms with van der Waals surface area (Å²) in [6.07, 6.45) is 3.84. The lowest BCUT2D eigenvalue weighted by Crippen LogP contribution is -2.30. The molecule has 0 saturated carbocycles. The Hall–Kier alpha value is -3.06. The first-order valence-electron chi connectivity index (χ1n) is 8.98. The zero-order valence-electron chi connectivity index (χ0n) is 16.0. The number of hydrogen-bond acceptors (Lipinski definition) is 4. The molecule has 4 rings (SSSR count). The van der Waals surface area contributed by atoms with Gasteiger partial charge in [-0.1, -0.05) is 6.07 Å². The van der Waals surface area contributed by atoms with Gasteiger partial charge in [-0.3, -0.25) is 4.98 Å². The molecule has 1 N–H and O–H groups in total. The molecular weight excluding hydrogens is 372 g/mol. The van der Waals surface area contributed by atoms with Crippen molar-refractivity contribution in [3.05, 3.63) is 72.3 Å². The Balaban J connectivity index is 1.88. The van der Waals surface area contributed by atoms with E-state index in [1.54, 1.807) is 20.4 Å². The number of aromatic nitrogens is 2. The highest BCUT2D eigenvalue weighted by Crippen LogP contribution is 2.45. The Bertz CT molecular complexity index is 989. The molecule has 2 aromatic heterocycles. The predicted molar refractivity (Wildman–Crippen MR) is 113 cm³/mol. The molecule has 0 radical (unpaired) electrons. The van der Waals surface area contributed by atoms with Crippen LogP contribution in [0.25, 0.3) is 0 Å². The molecule has 7 heteroatoms. The summed E-state index contributed by atoms with van der Waals surface area (Å²) in [5, 5.41) is 4.08. The summed E-state index contributed by atoms with van der Waals surface area (Å²) in [7, 11) is 5.34. The molecule has 3 heterocycles. The first kappa shape index (κ1) is 18.3. The first-order chi connectivity index (χ1) is 13.6. The van der Waals surface area contributed by atoms with Crippen molar-refractivity contribution in [2.45, 2.75) is 12.1 Å². The average Bonchev–Trinajstić information content (AvgIpc) is 3.30. The molecule has 144 valence electrons. The Morgan fingerprint density at radius 3 is 2.57 bits per heavy atom. The number of pyridine rings is 1. The minimum Gasteiger partial charge on any atom is -0.497 e. The number of thiocarbonyl (C=S) groups is 1. The number of aryl methyl sites for hydroxylation is 1. The van der Waals surface area contributed by atoms with Crippen molar-refractivity contribution in [3.8, 4) is 11.5 Å². The molecular formula is C21H22N4O2S. The van der Waals surface area contributed by atoms with Gasteiger partial charge in [-0.2, -0.15) is 0 Å². The quantitative estimate of drug-likeness (QED) is 0.667. The van der Waals surface area contributed by atoms with Gasteiger partial charge < -0.3 is 24.3 Å². The van der Waals surface area contributed by atoms with Crippen molar-refractivity contribution < 1.29 is 9.47 Å². The number of anilines is 1. The SMILES string of the molecule is COc1ccc(OC)c(N2C(=S)NC(c3ccccn3)C2c2cccn2C)c1. The van der Waals surface area contributed by atoms with Gasteiger partial charge in [0.2, 0.25) is 0 Å². The van der Waals surface area contributed by atoms with Gasteiger partial charge in [-0.05, 0) is 48.6 Å². The molecule has 6 nitrogen and oxygen atoms in total. The minimum absolute atomic E-state index is 0.0941. The zero-order chi connectivity index (χ0) is 19.7. The number of ether oxygens (including phenoxy) is 2. The maximum atomic E-state index is 5.76. The molecule has 1 aromatic carbocycles. The highest BCUT2D eigenvalue weighted by atomic mass is 32.1. The van der Waals surface area contributed by atoms with Gasteiger partial charge in [-0.25, -0.2) is 0 Å². The van der Waals surface area contributed by atoms with Gasteiger partial charge in [0.05, 0.1) is 31.6 Å². The lowest BCUT2D eigenvalue weighted by molar-refractivity contribution is 0.402. The maximum Gasteiger partial charge on any atom is 0.174 e. The molecule has 2 atom stereocenters. The van der Waals surface area contributed by atoms with E-state index in [4.69, 9.17) is 21.7 Å². The van der Waals surface area contributed by atoms with Crippen LogP contribution in [0.15, 0.2) is 60.9 Å². The van der Waals surface area contributed by atoms with Gasteiger partial charge >= 0.3 is 0 Å². The van der Waals surface area contributed by atoms with Crippen LogP contribution in [0.1, 0.15) is 23.5 Å². The Morgan fingerprint density at radius 1 is 1.07 bits per heavy atom. The Labute approximate surface area is 169 Å². The summed E-state index contributed by atoms with van der Waals surface area (Å²) in [4.78, 5) is 6.66. The first-order valence-corrected chi connectivity index (χ1v) is 9.38. The van der Waals surface area contributed by atoms with E-state index in [0.29, 0.717) is 5.11 Å². The van der Waals surface area contributed by atoms with Crippen LogP contribution in [-0.2, 0) is 7.05 Å². The van der Waals surface area contributed by atoms with E-state index in [1.807, 2.05) is 55.7 Å². The van der Waals surface area contributed by atoms with Crippen LogP contribution in [0.4, 0.5) is 5.69 Å². The van der Waals surface area contributed by atoms with Crippen LogP contribution in [0, 0.1) is 0 Å². The van der Waals surface area contributed by atoms with E-state index >= 15 is 0 Å². The van der Waals surface area contributed by atoms with Crippen LogP contribution < -0.4 is 19.7 Å². The third kappa shape index (κ3) is 3.07. The van der Waals surface area contributed by atoms with Crippen LogP contribution in [0.2, 0.25) is 0 Å². The lowest BCUT2D eigenvalue weighted by atomic mass is 10.0. The molecule has 3 aromatic rings. The standard InChI is InChI=1S/C21H22N4O2S/c1-24-12-6-8-16(24)20-19(15-7-4-5-11-22-15)23-21(28)25(20)17-13-14(26-2)9-10-18(17)27-3/h4-13,19-20H,1-3H3,(H,23,28). The number of nitrogens with one attached hydrogen (secondary N) is 1. The summed E-state index contributed by atoms with van der Waals surface area (Å²) >= 11 is 5.76. The van der Waals surface area contributed by atoms with E-state index in [1.165, 1.54) is 0 Å². The number of methoxy groups -OCH3 is 2. The summed E-state index contributed by atoms with van der Waals surface area (Å²) < 4.78 is 13.2. The van der Waals surface area contributed by atoms with Crippen molar-refractivity contribution in [1.29, 1.82) is 0 Å². The Kier molecular flexibility index (Phi) is 4.92. The van der Waals surface area contributed by atoms with E-state index < -0.39 is 0 Å². The molecule has 0 bridgehead atoms. The van der Waals surface area contributed by atoms with Crippen molar-refractivity contribution in [3.63, 3.8) is 0 Å². The second-order valence-electron chi connectivity index (χ2n) is 6.58. The molecule has 2 unspecified atom stereocenters. The fourth-order valence-corrected chi connectivity index (χ4v) is 4.02. The number of rotatable bonds is 5. The molecule has 28 heavy (non-hydrogen) atoms. The largest absolute Gasteiger partial charge is 0.497 e. The highest BCUT2D eigenvalue weighted by molar-refractivity contribution is 7.80. The molecule has 1 saturated heterocycles. The lowest BCUT2D eigenvalue weighted by Gasteiger charge is -2.29. The second-order valence-corrected chi connectivity index (χ2v) is 6.97. The normalized spacial score (nSPS) is 18.8. The Morgan fingerprint density at radius 2 is 1.93 bits per heavy atom. The van der Waals surface area contributed by atoms with Crippen molar-refractivity contribution in [2.24, 2.45) is 7.05 Å². The minimum atomic E-state index is -0.0989. The monoisotopic (exact) mass is 394 g/mol. The molecule has 0 spiro atoms. The fraction of sp³-hybridized carbons (Fsp3) is 0.238. The average molecular weight is 395 g/mol.